The van der Waals surface area contributed by atoms with E-state index < -0.39 is 11.9 Å². The summed E-state index contributed by atoms with van der Waals surface area (Å²) in [5, 5.41) is 13.5. The Labute approximate surface area is 150 Å². The van der Waals surface area contributed by atoms with Crippen molar-refractivity contribution in [3.8, 4) is 5.40 Å². The molecule has 1 aromatic heterocycles. The summed E-state index contributed by atoms with van der Waals surface area (Å²) in [5.41, 5.74) is 2.35. The van der Waals surface area contributed by atoms with Crippen molar-refractivity contribution >= 4 is 29.3 Å². The number of hydrogen-bond acceptors (Lipinski definition) is 6. The van der Waals surface area contributed by atoms with Gasteiger partial charge in [0.25, 0.3) is 5.91 Å². The van der Waals surface area contributed by atoms with E-state index in [4.69, 9.17) is 14.4 Å². The van der Waals surface area contributed by atoms with Crippen LogP contribution in [0.4, 0.5) is 5.69 Å². The van der Waals surface area contributed by atoms with Crippen LogP contribution in [0.3, 0.4) is 0 Å². The number of rotatable bonds is 7. The van der Waals surface area contributed by atoms with Crippen LogP contribution in [0.15, 0.2) is 39.8 Å². The van der Waals surface area contributed by atoms with Gasteiger partial charge in [0, 0.05) is 17.0 Å². The molecule has 1 heterocycles. The predicted molar refractivity (Wildman–Crippen MR) is 94.0 cm³/mol. The molecule has 0 saturated carbocycles. The van der Waals surface area contributed by atoms with Crippen LogP contribution in [0.1, 0.15) is 23.3 Å². The summed E-state index contributed by atoms with van der Waals surface area (Å²) in [5.74, 6) is -0.165. The average Bonchev–Trinajstić information content (AvgIpc) is 3.08. The number of hydrogen-bond donors (Lipinski definition) is 1. The van der Waals surface area contributed by atoms with E-state index >= 15 is 0 Å². The Morgan fingerprint density at radius 2 is 2.04 bits per heavy atom. The normalized spacial score (nSPS) is 10.1. The number of benzene rings is 1. The summed E-state index contributed by atoms with van der Waals surface area (Å²) in [6, 6.07) is 7.18. The molecular weight excluding hydrogens is 340 g/mol. The summed E-state index contributed by atoms with van der Waals surface area (Å²) in [6.07, 6.45) is 2.13. The number of nitrogens with one attached hydrogen (secondary N) is 1. The van der Waals surface area contributed by atoms with Crippen LogP contribution >= 0.6 is 11.8 Å². The van der Waals surface area contributed by atoms with Crippen LogP contribution in [0.25, 0.3) is 0 Å². The van der Waals surface area contributed by atoms with Gasteiger partial charge in [0.15, 0.2) is 6.61 Å². The Balaban J connectivity index is 1.84. The highest BCUT2D eigenvalue weighted by Gasteiger charge is 2.12. The summed E-state index contributed by atoms with van der Waals surface area (Å²) < 4.78 is 10.1. The predicted octanol–water partition coefficient (Wildman–Crippen LogP) is 3.58. The zero-order chi connectivity index (χ0) is 18.2. The van der Waals surface area contributed by atoms with Gasteiger partial charge in [0.2, 0.25) is 0 Å². The monoisotopic (exact) mass is 358 g/mol. The molecule has 0 fully saturated rings. The number of aryl methyl sites for hydroxylation is 3. The van der Waals surface area contributed by atoms with E-state index in [-0.39, 0.29) is 13.0 Å². The van der Waals surface area contributed by atoms with Crippen molar-refractivity contribution in [1.29, 1.82) is 5.26 Å². The first-order valence-electron chi connectivity index (χ1n) is 7.64. The van der Waals surface area contributed by atoms with Gasteiger partial charge >= 0.3 is 5.97 Å². The molecule has 130 valence electrons. The number of nitrogens with zero attached hydrogens (tertiary/aromatic N) is 1. The second-order valence-electron chi connectivity index (χ2n) is 5.41. The molecule has 7 heteroatoms. The van der Waals surface area contributed by atoms with E-state index in [1.54, 1.807) is 18.4 Å². The molecule has 2 aromatic rings. The fourth-order valence-corrected chi connectivity index (χ4v) is 2.88. The number of thioether (sulfide) groups is 1. The minimum Gasteiger partial charge on any atom is -0.469 e. The molecular formula is C18H18N2O4S. The van der Waals surface area contributed by atoms with Crippen LogP contribution in [-0.4, -0.2) is 18.5 Å². The third-order valence-electron chi connectivity index (χ3n) is 3.45. The largest absolute Gasteiger partial charge is 0.469 e. The van der Waals surface area contributed by atoms with Gasteiger partial charge in [0.1, 0.15) is 11.2 Å². The summed E-state index contributed by atoms with van der Waals surface area (Å²) >= 11 is 1.07. The van der Waals surface area contributed by atoms with Crippen LogP contribution in [0.2, 0.25) is 0 Å². The smallest absolute Gasteiger partial charge is 0.306 e. The molecule has 1 aromatic carbocycles. The van der Waals surface area contributed by atoms with Gasteiger partial charge in [-0.25, -0.2) is 0 Å². The number of carbonyl (C=O) groups excluding carboxylic acids is 2. The van der Waals surface area contributed by atoms with Crippen molar-refractivity contribution in [1.82, 2.24) is 0 Å². The lowest BCUT2D eigenvalue weighted by Gasteiger charge is -2.13. The van der Waals surface area contributed by atoms with E-state index in [1.165, 1.54) is 0 Å². The van der Waals surface area contributed by atoms with Crippen molar-refractivity contribution in [2.75, 3.05) is 11.9 Å². The average molecular weight is 358 g/mol. The first-order valence-corrected chi connectivity index (χ1v) is 8.46. The number of anilines is 1. The fraction of sp³-hybridized carbons (Fsp3) is 0.278. The highest BCUT2D eigenvalue weighted by molar-refractivity contribution is 8.03. The second kappa shape index (κ2) is 8.94. The van der Waals surface area contributed by atoms with Crippen molar-refractivity contribution in [3.05, 3.63) is 47.4 Å². The van der Waals surface area contributed by atoms with Crippen molar-refractivity contribution in [2.24, 2.45) is 0 Å². The Bertz CT molecular complexity index is 771. The molecule has 0 spiro atoms. The first kappa shape index (κ1) is 18.6. The molecule has 0 bridgehead atoms. The van der Waals surface area contributed by atoms with E-state index in [9.17, 15) is 9.59 Å². The fourth-order valence-electron chi connectivity index (χ4n) is 2.31. The minimum absolute atomic E-state index is 0.152. The van der Waals surface area contributed by atoms with Gasteiger partial charge in [0.05, 0.1) is 12.7 Å². The topological polar surface area (TPSA) is 92.3 Å². The first-order chi connectivity index (χ1) is 12.0. The number of esters is 1. The lowest BCUT2D eigenvalue weighted by molar-refractivity contribution is -0.147. The molecule has 0 aliphatic heterocycles. The maximum atomic E-state index is 12.0. The number of ether oxygens (including phenoxy) is 1. The van der Waals surface area contributed by atoms with Gasteiger partial charge in [-0.1, -0.05) is 0 Å². The zero-order valence-corrected chi connectivity index (χ0v) is 14.8. The Kier molecular flexibility index (Phi) is 6.66. The second-order valence-corrected chi connectivity index (χ2v) is 6.27. The Morgan fingerprint density at radius 3 is 2.64 bits per heavy atom. The summed E-state index contributed by atoms with van der Waals surface area (Å²) in [4.78, 5) is 24.5. The van der Waals surface area contributed by atoms with E-state index in [1.807, 2.05) is 31.4 Å². The lowest BCUT2D eigenvalue weighted by atomic mass is 10.1. The van der Waals surface area contributed by atoms with Crippen molar-refractivity contribution in [3.63, 3.8) is 0 Å². The molecule has 0 aliphatic carbocycles. The molecule has 0 atom stereocenters. The third kappa shape index (κ3) is 5.69. The Hall–Kier alpha value is -2.72. The minimum atomic E-state index is -0.458. The van der Waals surface area contributed by atoms with Crippen LogP contribution < -0.4 is 5.32 Å². The number of amides is 1. The molecule has 1 amide bonds. The van der Waals surface area contributed by atoms with Gasteiger partial charge in [-0.05, 0) is 61.0 Å². The van der Waals surface area contributed by atoms with E-state index in [2.05, 4.69) is 5.32 Å². The molecule has 2 rings (SSSR count). The lowest BCUT2D eigenvalue weighted by Crippen LogP contribution is -2.22. The maximum Gasteiger partial charge on any atom is 0.306 e. The molecule has 6 nitrogen and oxygen atoms in total. The number of furan rings is 1. The van der Waals surface area contributed by atoms with Gasteiger partial charge in [-0.15, -0.1) is 0 Å². The number of thiocyanates is 1. The molecule has 0 aliphatic rings. The van der Waals surface area contributed by atoms with Gasteiger partial charge in [-0.3, -0.25) is 9.59 Å². The van der Waals surface area contributed by atoms with Crippen LogP contribution in [-0.2, 0) is 20.7 Å². The van der Waals surface area contributed by atoms with Crippen molar-refractivity contribution < 1.29 is 18.7 Å². The third-order valence-corrected chi connectivity index (χ3v) is 4.02. The molecule has 0 radical (unpaired) electrons. The Morgan fingerprint density at radius 1 is 1.32 bits per heavy atom. The number of carbonyl (C=O) groups is 2. The van der Waals surface area contributed by atoms with E-state index in [0.717, 1.165) is 27.8 Å². The highest BCUT2D eigenvalue weighted by atomic mass is 32.2. The molecule has 25 heavy (non-hydrogen) atoms. The summed E-state index contributed by atoms with van der Waals surface area (Å²) in [7, 11) is 0. The molecule has 0 saturated heterocycles. The molecule has 0 unspecified atom stereocenters. The highest BCUT2D eigenvalue weighted by Crippen LogP contribution is 2.27. The zero-order valence-electron chi connectivity index (χ0n) is 14.0. The van der Waals surface area contributed by atoms with Gasteiger partial charge < -0.3 is 14.5 Å². The van der Waals surface area contributed by atoms with Crippen LogP contribution in [0.5, 0.6) is 0 Å². The van der Waals surface area contributed by atoms with Crippen molar-refractivity contribution in [2.45, 2.75) is 31.6 Å². The molecule has 1 N–H and O–H groups in total. The quantitative estimate of drug-likeness (QED) is 0.462. The standard InChI is InChI=1S/C18H18N2O4S/c1-12-8-15(25-11-19)9-13(2)18(12)20-16(21)10-24-17(22)6-5-14-4-3-7-23-14/h3-4,7-9H,5-6,10H2,1-2H3,(H,20,21). The maximum absolute atomic E-state index is 12.0. The summed E-state index contributed by atoms with van der Waals surface area (Å²) in [6.45, 7) is 3.35. The SMILES string of the molecule is Cc1cc(SC#N)cc(C)c1NC(=O)COC(=O)CCc1ccco1. The number of nitriles is 1. The van der Waals surface area contributed by atoms with Gasteiger partial charge in [-0.2, -0.15) is 5.26 Å². The van der Waals surface area contributed by atoms with E-state index in [0.29, 0.717) is 17.9 Å². The van der Waals surface area contributed by atoms with Crippen LogP contribution in [0, 0.1) is 24.5 Å².